The van der Waals surface area contributed by atoms with Gasteiger partial charge in [0.25, 0.3) is 0 Å². The zero-order chi connectivity index (χ0) is 11.1. The molecule has 4 nitrogen and oxygen atoms in total. The largest absolute Gasteiger partial charge is 0.477 e. The summed E-state index contributed by atoms with van der Waals surface area (Å²) in [5.74, 6) is 0.576. The third-order valence-electron chi connectivity index (χ3n) is 1.61. The third-order valence-corrected chi connectivity index (χ3v) is 2.17. The molecule has 0 unspecified atom stereocenters. The van der Waals surface area contributed by atoms with Crippen LogP contribution >= 0.6 is 15.9 Å². The number of alkyl halides is 1. The molecule has 0 spiro atoms. The van der Waals surface area contributed by atoms with Crippen molar-refractivity contribution in [2.45, 2.75) is 20.3 Å². The zero-order valence-electron chi connectivity index (χ0n) is 8.99. The first-order chi connectivity index (χ1) is 7.26. The second-order valence-electron chi connectivity index (χ2n) is 2.95. The van der Waals surface area contributed by atoms with Gasteiger partial charge in [0.2, 0.25) is 5.88 Å². The van der Waals surface area contributed by atoms with E-state index in [9.17, 15) is 0 Å². The van der Waals surface area contributed by atoms with Gasteiger partial charge < -0.3 is 9.47 Å². The van der Waals surface area contributed by atoms with Crippen molar-refractivity contribution >= 4 is 15.9 Å². The fraction of sp³-hybridized carbons (Fsp3) is 0.600. The second-order valence-corrected chi connectivity index (χ2v) is 3.75. The lowest BCUT2D eigenvalue weighted by atomic mass is 10.4. The molecule has 15 heavy (non-hydrogen) atoms. The Balaban J connectivity index is 2.62. The number of halogens is 1. The summed E-state index contributed by atoms with van der Waals surface area (Å²) in [7, 11) is 0. The van der Waals surface area contributed by atoms with Gasteiger partial charge >= 0.3 is 6.01 Å². The fourth-order valence-corrected chi connectivity index (χ4v) is 1.24. The molecule has 5 heteroatoms. The van der Waals surface area contributed by atoms with Crippen molar-refractivity contribution in [1.82, 2.24) is 9.97 Å². The number of hydrogen-bond donors (Lipinski definition) is 0. The van der Waals surface area contributed by atoms with E-state index in [0.29, 0.717) is 25.1 Å². The number of hydrogen-bond acceptors (Lipinski definition) is 4. The first-order valence-electron chi connectivity index (χ1n) is 4.93. The van der Waals surface area contributed by atoms with Crippen molar-refractivity contribution in [2.75, 3.05) is 18.5 Å². The molecule has 1 aromatic rings. The highest BCUT2D eigenvalue weighted by atomic mass is 79.9. The van der Waals surface area contributed by atoms with Gasteiger partial charge in [-0.05, 0) is 20.3 Å². The van der Waals surface area contributed by atoms with Crippen LogP contribution in [0.1, 0.15) is 19.0 Å². The number of aromatic nitrogens is 2. The van der Waals surface area contributed by atoms with E-state index in [2.05, 4.69) is 25.9 Å². The molecule has 0 aliphatic carbocycles. The maximum Gasteiger partial charge on any atom is 0.319 e. The Hall–Kier alpha value is -0.840. The summed E-state index contributed by atoms with van der Waals surface area (Å²) in [6.07, 6.45) is 0.951. The highest BCUT2D eigenvalue weighted by Crippen LogP contribution is 2.13. The van der Waals surface area contributed by atoms with Crippen LogP contribution in [0.25, 0.3) is 0 Å². The second kappa shape index (κ2) is 6.61. The molecule has 0 amide bonds. The van der Waals surface area contributed by atoms with Crippen molar-refractivity contribution in [3.8, 4) is 11.9 Å². The van der Waals surface area contributed by atoms with Gasteiger partial charge in [-0.3, -0.25) is 0 Å². The third kappa shape index (κ3) is 4.46. The summed E-state index contributed by atoms with van der Waals surface area (Å²) in [4.78, 5) is 8.25. The first kappa shape index (κ1) is 12.2. The molecule has 0 aromatic carbocycles. The van der Waals surface area contributed by atoms with Gasteiger partial charge in [0, 0.05) is 17.1 Å². The van der Waals surface area contributed by atoms with E-state index in [1.807, 2.05) is 13.8 Å². The highest BCUT2D eigenvalue weighted by molar-refractivity contribution is 9.09. The van der Waals surface area contributed by atoms with Crippen LogP contribution in [0.4, 0.5) is 0 Å². The molecule has 0 atom stereocenters. The van der Waals surface area contributed by atoms with Crippen molar-refractivity contribution in [3.05, 3.63) is 11.8 Å². The Labute approximate surface area is 98.2 Å². The van der Waals surface area contributed by atoms with Crippen molar-refractivity contribution in [2.24, 2.45) is 0 Å². The van der Waals surface area contributed by atoms with E-state index in [4.69, 9.17) is 9.47 Å². The minimum Gasteiger partial charge on any atom is -0.477 e. The van der Waals surface area contributed by atoms with E-state index in [1.54, 1.807) is 6.07 Å². The van der Waals surface area contributed by atoms with Crippen LogP contribution in [0.3, 0.4) is 0 Å². The monoisotopic (exact) mass is 274 g/mol. The van der Waals surface area contributed by atoms with E-state index < -0.39 is 0 Å². The molecule has 0 bridgehead atoms. The summed E-state index contributed by atoms with van der Waals surface area (Å²) < 4.78 is 10.7. The molecule has 0 N–H and O–H groups in total. The Kier molecular flexibility index (Phi) is 5.39. The van der Waals surface area contributed by atoms with E-state index >= 15 is 0 Å². The van der Waals surface area contributed by atoms with E-state index in [-0.39, 0.29) is 0 Å². The summed E-state index contributed by atoms with van der Waals surface area (Å²) in [5.41, 5.74) is 0.849. The number of aryl methyl sites for hydroxylation is 1. The quantitative estimate of drug-likeness (QED) is 0.590. The van der Waals surface area contributed by atoms with E-state index in [1.165, 1.54) is 0 Å². The molecule has 84 valence electrons. The molecule has 0 radical (unpaired) electrons. The predicted octanol–water partition coefficient (Wildman–Crippen LogP) is 2.35. The van der Waals surface area contributed by atoms with Crippen molar-refractivity contribution < 1.29 is 9.47 Å². The van der Waals surface area contributed by atoms with Gasteiger partial charge in [0.1, 0.15) is 0 Å². The van der Waals surface area contributed by atoms with Gasteiger partial charge in [0.05, 0.1) is 13.2 Å². The molecular formula is C10H15BrN2O2. The predicted molar refractivity (Wildman–Crippen MR) is 61.8 cm³/mol. The van der Waals surface area contributed by atoms with Gasteiger partial charge in [0.15, 0.2) is 0 Å². The highest BCUT2D eigenvalue weighted by Gasteiger charge is 2.03. The fourth-order valence-electron chi connectivity index (χ4n) is 1.01. The number of nitrogens with zero attached hydrogens (tertiary/aromatic N) is 2. The van der Waals surface area contributed by atoms with Gasteiger partial charge in [-0.25, -0.2) is 4.98 Å². The number of rotatable bonds is 6. The van der Waals surface area contributed by atoms with Crippen LogP contribution < -0.4 is 9.47 Å². The summed E-state index contributed by atoms with van der Waals surface area (Å²) in [6.45, 7) is 5.00. The molecule has 0 aliphatic heterocycles. The topological polar surface area (TPSA) is 44.2 Å². The summed E-state index contributed by atoms with van der Waals surface area (Å²) >= 11 is 3.34. The molecular weight excluding hydrogens is 260 g/mol. The smallest absolute Gasteiger partial charge is 0.319 e. The maximum absolute atomic E-state index is 5.45. The molecule has 0 saturated heterocycles. The Morgan fingerprint density at radius 2 is 2.13 bits per heavy atom. The van der Waals surface area contributed by atoms with Crippen LogP contribution in [0.15, 0.2) is 6.07 Å². The van der Waals surface area contributed by atoms with Crippen molar-refractivity contribution in [3.63, 3.8) is 0 Å². The molecule has 0 saturated carbocycles. The van der Waals surface area contributed by atoms with Crippen LogP contribution in [0.5, 0.6) is 11.9 Å². The van der Waals surface area contributed by atoms with Crippen LogP contribution in [-0.2, 0) is 0 Å². The molecule has 1 aromatic heterocycles. The first-order valence-corrected chi connectivity index (χ1v) is 6.05. The van der Waals surface area contributed by atoms with E-state index in [0.717, 1.165) is 17.4 Å². The molecule has 0 aliphatic rings. The van der Waals surface area contributed by atoms with Crippen LogP contribution in [-0.4, -0.2) is 28.5 Å². The van der Waals surface area contributed by atoms with Gasteiger partial charge in [-0.2, -0.15) is 4.98 Å². The average Bonchev–Trinajstić information content (AvgIpc) is 2.18. The lowest BCUT2D eigenvalue weighted by Gasteiger charge is -2.07. The molecule has 0 fully saturated rings. The lowest BCUT2D eigenvalue weighted by Crippen LogP contribution is -2.04. The minimum atomic E-state index is 0.381. The molecule has 1 heterocycles. The average molecular weight is 275 g/mol. The zero-order valence-corrected chi connectivity index (χ0v) is 10.6. The maximum atomic E-state index is 5.45. The standard InChI is InChI=1S/C10H15BrN2O2/c1-3-14-10-12-8(2)7-9(13-10)15-6-4-5-11/h7H,3-6H2,1-2H3. The van der Waals surface area contributed by atoms with Crippen LogP contribution in [0, 0.1) is 6.92 Å². The minimum absolute atomic E-state index is 0.381. The van der Waals surface area contributed by atoms with Gasteiger partial charge in [-0.1, -0.05) is 15.9 Å². The summed E-state index contributed by atoms with van der Waals surface area (Å²) in [6, 6.07) is 2.18. The van der Waals surface area contributed by atoms with Crippen LogP contribution in [0.2, 0.25) is 0 Å². The SMILES string of the molecule is CCOc1nc(C)cc(OCCCBr)n1. The normalized spacial score (nSPS) is 10.1. The van der Waals surface area contributed by atoms with Crippen molar-refractivity contribution in [1.29, 1.82) is 0 Å². The Bertz CT molecular complexity index is 307. The Morgan fingerprint density at radius 3 is 2.80 bits per heavy atom. The van der Waals surface area contributed by atoms with Gasteiger partial charge in [-0.15, -0.1) is 0 Å². The lowest BCUT2D eigenvalue weighted by molar-refractivity contribution is 0.280. The summed E-state index contributed by atoms with van der Waals surface area (Å²) in [5, 5.41) is 0.926. The Morgan fingerprint density at radius 1 is 1.33 bits per heavy atom. The number of ether oxygens (including phenoxy) is 2. The molecule has 1 rings (SSSR count).